The lowest BCUT2D eigenvalue weighted by molar-refractivity contribution is 0.143. The number of nitrogens with zero attached hydrogens (tertiary/aromatic N) is 4. The van der Waals surface area contributed by atoms with E-state index in [0.29, 0.717) is 43.3 Å². The zero-order chi connectivity index (χ0) is 20.6. The van der Waals surface area contributed by atoms with Crippen LogP contribution in [0.2, 0.25) is 10.0 Å². The molecule has 29 heavy (non-hydrogen) atoms. The first-order chi connectivity index (χ1) is 13.9. The highest BCUT2D eigenvalue weighted by Gasteiger charge is 2.29. The second-order valence-corrected chi connectivity index (χ2v) is 9.53. The molecular weight excluding hydrogens is 435 g/mol. The number of halogens is 2. The first-order valence-corrected chi connectivity index (χ1v) is 11.2. The van der Waals surface area contributed by atoms with E-state index < -0.39 is 10.0 Å². The maximum Gasteiger partial charge on any atom is 0.275 e. The van der Waals surface area contributed by atoms with E-state index in [1.54, 1.807) is 12.3 Å². The molecule has 0 saturated carbocycles. The van der Waals surface area contributed by atoms with Gasteiger partial charge in [-0.05, 0) is 24.3 Å². The predicted octanol–water partition coefficient (Wildman–Crippen LogP) is 2.67. The molecule has 0 unspecified atom stereocenters. The Morgan fingerprint density at radius 2 is 1.69 bits per heavy atom. The van der Waals surface area contributed by atoms with Crippen molar-refractivity contribution in [3.63, 3.8) is 0 Å². The normalized spacial score (nSPS) is 16.3. The van der Waals surface area contributed by atoms with E-state index in [1.807, 2.05) is 23.1 Å². The van der Waals surface area contributed by atoms with Gasteiger partial charge < -0.3 is 0 Å². The number of hydrogen-bond acceptors (Lipinski definition) is 5. The molecule has 1 aliphatic heterocycles. The highest BCUT2D eigenvalue weighted by Crippen LogP contribution is 2.27. The number of aromatic nitrogens is 2. The van der Waals surface area contributed by atoms with Crippen LogP contribution in [-0.2, 0) is 16.7 Å². The summed E-state index contributed by atoms with van der Waals surface area (Å²) >= 11 is 11.8. The van der Waals surface area contributed by atoms with Crippen LogP contribution in [0, 0.1) is 0 Å². The standard InChI is InChI=1S/C19H18Cl2N4O3S/c20-17-6-5-15(11-18(17)21)29(27,28)24-9-7-23(8-10-24)13-25-19(26)16-4-2-1-3-14(16)12-22-25/h1-6,11-12H,7-10,13H2. The predicted molar refractivity (Wildman–Crippen MR) is 113 cm³/mol. The number of piperazine rings is 1. The minimum Gasteiger partial charge on any atom is -0.282 e. The third kappa shape index (κ3) is 4.04. The zero-order valence-electron chi connectivity index (χ0n) is 15.3. The Balaban J connectivity index is 1.46. The van der Waals surface area contributed by atoms with Crippen LogP contribution in [0.4, 0.5) is 0 Å². The summed E-state index contributed by atoms with van der Waals surface area (Å²) in [6, 6.07) is 11.6. The topological polar surface area (TPSA) is 75.5 Å². The van der Waals surface area contributed by atoms with Crippen molar-refractivity contribution in [1.82, 2.24) is 19.0 Å². The van der Waals surface area contributed by atoms with Crippen LogP contribution in [0.15, 0.2) is 58.4 Å². The van der Waals surface area contributed by atoms with Gasteiger partial charge in [-0.1, -0.05) is 41.4 Å². The molecule has 3 aromatic rings. The van der Waals surface area contributed by atoms with E-state index in [2.05, 4.69) is 5.10 Å². The summed E-state index contributed by atoms with van der Waals surface area (Å²) in [5.41, 5.74) is -0.158. The van der Waals surface area contributed by atoms with Crippen LogP contribution in [0.5, 0.6) is 0 Å². The summed E-state index contributed by atoms with van der Waals surface area (Å²) in [4.78, 5) is 14.7. The number of fused-ring (bicyclic) bond motifs is 1. The van der Waals surface area contributed by atoms with Gasteiger partial charge in [-0.15, -0.1) is 0 Å². The molecule has 0 bridgehead atoms. The van der Waals surface area contributed by atoms with Gasteiger partial charge in [0.15, 0.2) is 0 Å². The Hall–Kier alpha value is -1.97. The molecule has 0 amide bonds. The summed E-state index contributed by atoms with van der Waals surface area (Å²) in [6.45, 7) is 1.91. The lowest BCUT2D eigenvalue weighted by Gasteiger charge is -2.33. The number of rotatable bonds is 4. The van der Waals surface area contributed by atoms with Crippen molar-refractivity contribution < 1.29 is 8.42 Å². The smallest absolute Gasteiger partial charge is 0.275 e. The Morgan fingerprint density at radius 1 is 0.966 bits per heavy atom. The molecule has 7 nitrogen and oxygen atoms in total. The van der Waals surface area contributed by atoms with Crippen molar-refractivity contribution in [2.24, 2.45) is 0 Å². The number of sulfonamides is 1. The summed E-state index contributed by atoms with van der Waals surface area (Å²) < 4.78 is 28.5. The van der Waals surface area contributed by atoms with Gasteiger partial charge in [-0.2, -0.15) is 9.40 Å². The van der Waals surface area contributed by atoms with Crippen molar-refractivity contribution in [3.05, 3.63) is 69.1 Å². The third-order valence-corrected chi connectivity index (χ3v) is 7.59. The van der Waals surface area contributed by atoms with E-state index in [9.17, 15) is 13.2 Å². The Bertz CT molecular complexity index is 1220. The molecule has 10 heteroatoms. The van der Waals surface area contributed by atoms with Crippen LogP contribution in [0.25, 0.3) is 10.8 Å². The van der Waals surface area contributed by atoms with Gasteiger partial charge in [-0.25, -0.2) is 13.1 Å². The number of hydrogen-bond donors (Lipinski definition) is 0. The van der Waals surface area contributed by atoms with Gasteiger partial charge in [0.05, 0.1) is 33.2 Å². The lowest BCUT2D eigenvalue weighted by atomic mass is 10.2. The van der Waals surface area contributed by atoms with E-state index >= 15 is 0 Å². The van der Waals surface area contributed by atoms with Gasteiger partial charge in [0, 0.05) is 31.6 Å². The van der Waals surface area contributed by atoms with E-state index in [1.165, 1.54) is 27.2 Å². The molecule has 0 aliphatic carbocycles. The maximum absolute atomic E-state index is 12.9. The fourth-order valence-electron chi connectivity index (χ4n) is 3.32. The Labute approximate surface area is 178 Å². The van der Waals surface area contributed by atoms with Crippen LogP contribution in [0.1, 0.15) is 0 Å². The quantitative estimate of drug-likeness (QED) is 0.607. The minimum absolute atomic E-state index is 0.118. The third-order valence-electron chi connectivity index (χ3n) is 4.96. The van der Waals surface area contributed by atoms with Crippen molar-refractivity contribution in [1.29, 1.82) is 0 Å². The minimum atomic E-state index is -3.66. The Kier molecular flexibility index (Phi) is 5.63. The molecule has 152 valence electrons. The zero-order valence-corrected chi connectivity index (χ0v) is 17.7. The van der Waals surface area contributed by atoms with E-state index in [-0.39, 0.29) is 15.5 Å². The molecule has 4 rings (SSSR count). The second kappa shape index (κ2) is 8.04. The van der Waals surface area contributed by atoms with Gasteiger partial charge >= 0.3 is 0 Å². The SMILES string of the molecule is O=c1c2ccccc2cnn1CN1CCN(S(=O)(=O)c2ccc(Cl)c(Cl)c2)CC1. The van der Waals surface area contributed by atoms with E-state index in [4.69, 9.17) is 23.2 Å². The van der Waals surface area contributed by atoms with Crippen molar-refractivity contribution in [2.45, 2.75) is 11.6 Å². The summed E-state index contributed by atoms with van der Waals surface area (Å²) in [7, 11) is -3.66. The monoisotopic (exact) mass is 452 g/mol. The molecule has 0 radical (unpaired) electrons. The van der Waals surface area contributed by atoms with Gasteiger partial charge in [-0.3, -0.25) is 9.69 Å². The largest absolute Gasteiger partial charge is 0.282 e. The van der Waals surface area contributed by atoms with Gasteiger partial charge in [0.2, 0.25) is 10.0 Å². The van der Waals surface area contributed by atoms with Crippen molar-refractivity contribution >= 4 is 44.0 Å². The van der Waals surface area contributed by atoms with Crippen LogP contribution < -0.4 is 5.56 Å². The highest BCUT2D eigenvalue weighted by molar-refractivity contribution is 7.89. The molecule has 1 fully saturated rings. The molecule has 0 spiro atoms. The molecule has 1 saturated heterocycles. The molecular formula is C19H18Cl2N4O3S. The van der Waals surface area contributed by atoms with Gasteiger partial charge in [0.1, 0.15) is 0 Å². The summed E-state index contributed by atoms with van der Waals surface area (Å²) in [6.07, 6.45) is 1.67. The highest BCUT2D eigenvalue weighted by atomic mass is 35.5. The number of benzene rings is 2. The average Bonchev–Trinajstić information content (AvgIpc) is 2.72. The molecule has 1 aromatic heterocycles. The first kappa shape index (κ1) is 20.3. The molecule has 1 aliphatic rings. The maximum atomic E-state index is 12.9. The molecule has 2 aromatic carbocycles. The van der Waals surface area contributed by atoms with Crippen LogP contribution in [0.3, 0.4) is 0 Å². The molecule has 0 N–H and O–H groups in total. The Morgan fingerprint density at radius 3 is 2.41 bits per heavy atom. The molecule has 2 heterocycles. The summed E-state index contributed by atoms with van der Waals surface area (Å²) in [5.74, 6) is 0. The average molecular weight is 453 g/mol. The van der Waals surface area contributed by atoms with Crippen molar-refractivity contribution in [3.8, 4) is 0 Å². The van der Waals surface area contributed by atoms with Crippen LogP contribution in [-0.4, -0.2) is 53.6 Å². The van der Waals surface area contributed by atoms with Crippen molar-refractivity contribution in [2.75, 3.05) is 26.2 Å². The van der Waals surface area contributed by atoms with E-state index in [0.717, 1.165) is 5.39 Å². The molecule has 0 atom stereocenters. The second-order valence-electron chi connectivity index (χ2n) is 6.78. The fourth-order valence-corrected chi connectivity index (χ4v) is 5.13. The fraction of sp³-hybridized carbons (Fsp3) is 0.263. The lowest BCUT2D eigenvalue weighted by Crippen LogP contribution is -2.49. The summed E-state index contributed by atoms with van der Waals surface area (Å²) in [5, 5.41) is 6.16. The van der Waals surface area contributed by atoms with Crippen LogP contribution >= 0.6 is 23.2 Å². The first-order valence-electron chi connectivity index (χ1n) is 8.99. The van der Waals surface area contributed by atoms with Gasteiger partial charge in [0.25, 0.3) is 5.56 Å².